The van der Waals surface area contributed by atoms with Crippen LogP contribution >= 0.6 is 0 Å². The number of hydrogen-bond donors (Lipinski definition) is 2. The fraction of sp³-hybridized carbons (Fsp3) is 0.167. The van der Waals surface area contributed by atoms with Gasteiger partial charge in [0, 0.05) is 18.0 Å². The summed E-state index contributed by atoms with van der Waals surface area (Å²) in [5, 5.41) is 0.970. The molecule has 2 amide bonds. The van der Waals surface area contributed by atoms with Gasteiger partial charge in [-0.05, 0) is 30.7 Å². The third-order valence-electron chi connectivity index (χ3n) is 3.27. The number of nitrogens with zero attached hydrogens (tertiary/aromatic N) is 1. The van der Waals surface area contributed by atoms with Gasteiger partial charge in [-0.15, -0.1) is 0 Å². The van der Waals surface area contributed by atoms with Crippen LogP contribution in [0.3, 0.4) is 0 Å². The molecule has 0 aliphatic rings. The maximum absolute atomic E-state index is 12.3. The van der Waals surface area contributed by atoms with Crippen LogP contribution in [0.2, 0.25) is 0 Å². The number of benzene rings is 1. The van der Waals surface area contributed by atoms with Gasteiger partial charge in [0.1, 0.15) is 6.04 Å². The second-order valence-corrected chi connectivity index (χ2v) is 5.15. The molecule has 2 N–H and O–H groups in total. The zero-order valence-corrected chi connectivity index (χ0v) is 13.2. The maximum atomic E-state index is 12.3. The number of nitrogens with one attached hydrogen (secondary N) is 2. The molecule has 1 heterocycles. The van der Waals surface area contributed by atoms with Crippen molar-refractivity contribution >= 4 is 24.2 Å². The van der Waals surface area contributed by atoms with Crippen molar-refractivity contribution in [1.29, 1.82) is 0 Å². The van der Waals surface area contributed by atoms with E-state index in [1.807, 2.05) is 30.3 Å². The van der Waals surface area contributed by atoms with Crippen LogP contribution in [0, 0.1) is 0 Å². The topological polar surface area (TPSA) is 82.3 Å². The molecule has 0 aliphatic carbocycles. The highest BCUT2D eigenvalue weighted by molar-refractivity contribution is 5.94. The summed E-state index contributed by atoms with van der Waals surface area (Å²) < 4.78 is 0. The zero-order chi connectivity index (χ0) is 17.4. The lowest BCUT2D eigenvalue weighted by Crippen LogP contribution is -2.51. The Morgan fingerprint density at radius 3 is 2.62 bits per heavy atom. The zero-order valence-electron chi connectivity index (χ0n) is 13.2. The molecule has 1 aromatic carbocycles. The predicted octanol–water partition coefficient (Wildman–Crippen LogP) is 1.63. The fourth-order valence-corrected chi connectivity index (χ4v) is 2.03. The van der Waals surface area contributed by atoms with Crippen LogP contribution in [-0.4, -0.2) is 34.1 Å². The van der Waals surface area contributed by atoms with Crippen molar-refractivity contribution in [3.8, 4) is 0 Å². The first-order chi connectivity index (χ1) is 11.6. The number of hydrazine groups is 1. The maximum Gasteiger partial charge on any atom is 0.265 e. The summed E-state index contributed by atoms with van der Waals surface area (Å²) in [6.07, 6.45) is 6.40. The highest BCUT2D eigenvalue weighted by Crippen LogP contribution is 2.03. The summed E-state index contributed by atoms with van der Waals surface area (Å²) in [6.45, 7) is 1.48. The number of H-pyrrole nitrogens is 1. The average molecular weight is 324 g/mol. The quantitative estimate of drug-likeness (QED) is 0.626. The van der Waals surface area contributed by atoms with Gasteiger partial charge in [-0.3, -0.25) is 19.8 Å². The van der Waals surface area contributed by atoms with Gasteiger partial charge < -0.3 is 4.98 Å². The molecular weight excluding hydrogens is 306 g/mol. The molecule has 0 saturated carbocycles. The van der Waals surface area contributed by atoms with Gasteiger partial charge in [-0.25, -0.2) is 5.01 Å². The lowest BCUT2D eigenvalue weighted by molar-refractivity contribution is -0.138. The van der Waals surface area contributed by atoms with Crippen molar-refractivity contribution in [2.24, 2.45) is 0 Å². The number of hydrogen-bond acceptors (Lipinski definition) is 3. The number of aromatic nitrogens is 1. The van der Waals surface area contributed by atoms with Crippen LogP contribution in [0.25, 0.3) is 6.08 Å². The highest BCUT2D eigenvalue weighted by atomic mass is 16.2. The molecule has 0 saturated heterocycles. The van der Waals surface area contributed by atoms with Gasteiger partial charge in [0.2, 0.25) is 12.2 Å². The molecule has 0 bridgehead atoms. The molecule has 123 valence electrons. The van der Waals surface area contributed by atoms with E-state index in [1.54, 1.807) is 30.7 Å². The number of amides is 2. The van der Waals surface area contributed by atoms with E-state index < -0.39 is 17.9 Å². The lowest BCUT2D eigenvalue weighted by atomic mass is 10.2. The Balaban J connectivity index is 2.04. The number of carbonyl (C=O) groups is 2. The Bertz CT molecular complexity index is 708. The van der Waals surface area contributed by atoms with Crippen molar-refractivity contribution in [1.82, 2.24) is 15.4 Å². The van der Waals surface area contributed by atoms with Crippen molar-refractivity contribution < 1.29 is 14.4 Å². The van der Waals surface area contributed by atoms with Crippen LogP contribution in [0.4, 0.5) is 0 Å². The largest absolute Gasteiger partial charge is 0.365 e. The van der Waals surface area contributed by atoms with Gasteiger partial charge in [0.05, 0.1) is 6.42 Å². The minimum atomic E-state index is -0.898. The molecule has 6 nitrogen and oxygen atoms in total. The van der Waals surface area contributed by atoms with E-state index in [0.29, 0.717) is 5.69 Å². The molecule has 2 aromatic rings. The Kier molecular flexibility index (Phi) is 6.08. The first-order valence-electron chi connectivity index (χ1n) is 7.46. The predicted molar refractivity (Wildman–Crippen MR) is 90.1 cm³/mol. The van der Waals surface area contributed by atoms with Gasteiger partial charge in [0.25, 0.3) is 5.91 Å². The number of carbonyl (C=O) groups excluding carboxylic acids is 3. The Hall–Kier alpha value is -3.15. The van der Waals surface area contributed by atoms with Crippen LogP contribution in [0.5, 0.6) is 0 Å². The first kappa shape index (κ1) is 17.2. The molecule has 24 heavy (non-hydrogen) atoms. The van der Waals surface area contributed by atoms with Crippen LogP contribution in [0.15, 0.2) is 54.7 Å². The summed E-state index contributed by atoms with van der Waals surface area (Å²) in [5.41, 5.74) is 4.00. The Morgan fingerprint density at radius 2 is 2.00 bits per heavy atom. The van der Waals surface area contributed by atoms with Gasteiger partial charge >= 0.3 is 0 Å². The molecule has 1 radical (unpaired) electrons. The molecule has 0 fully saturated rings. The fourth-order valence-electron chi connectivity index (χ4n) is 2.03. The SMILES string of the molecule is CC([C]=O)N(NC(=O)Cc1ccc[nH]1)C(=O)C=Cc1ccccc1. The standard InChI is InChI=1S/C18H18N3O3/c1-14(13-22)21(20-17(23)12-16-8-5-11-19-16)18(24)10-9-15-6-3-2-4-7-15/h2-11,14,19H,12H2,1H3,(H,20,23). The molecule has 0 aliphatic heterocycles. The third kappa shape index (κ3) is 4.95. The summed E-state index contributed by atoms with van der Waals surface area (Å²) in [7, 11) is 0. The van der Waals surface area contributed by atoms with Crippen molar-refractivity contribution in [3.05, 3.63) is 66.0 Å². The van der Waals surface area contributed by atoms with Crippen molar-refractivity contribution in [2.45, 2.75) is 19.4 Å². The van der Waals surface area contributed by atoms with E-state index in [1.165, 1.54) is 13.0 Å². The van der Waals surface area contributed by atoms with Crippen LogP contribution in [0.1, 0.15) is 18.2 Å². The van der Waals surface area contributed by atoms with E-state index in [0.717, 1.165) is 10.6 Å². The van der Waals surface area contributed by atoms with E-state index in [2.05, 4.69) is 10.4 Å². The molecule has 1 aromatic heterocycles. The van der Waals surface area contributed by atoms with Gasteiger partial charge in [0.15, 0.2) is 0 Å². The summed E-state index contributed by atoms with van der Waals surface area (Å²) >= 11 is 0. The molecule has 0 spiro atoms. The molecule has 1 unspecified atom stereocenters. The molecule has 6 heteroatoms. The van der Waals surface area contributed by atoms with Crippen LogP contribution < -0.4 is 5.43 Å². The monoisotopic (exact) mass is 324 g/mol. The Labute approximate surface area is 140 Å². The first-order valence-corrected chi connectivity index (χ1v) is 7.46. The van der Waals surface area contributed by atoms with E-state index in [4.69, 9.17) is 0 Å². The second kappa shape index (κ2) is 8.47. The smallest absolute Gasteiger partial charge is 0.265 e. The highest BCUT2D eigenvalue weighted by Gasteiger charge is 2.21. The van der Waals surface area contributed by atoms with E-state index >= 15 is 0 Å². The van der Waals surface area contributed by atoms with E-state index in [-0.39, 0.29) is 6.42 Å². The molecule has 1 atom stereocenters. The second-order valence-electron chi connectivity index (χ2n) is 5.15. The minimum absolute atomic E-state index is 0.0742. The molecule has 2 rings (SSSR count). The number of rotatable bonds is 6. The van der Waals surface area contributed by atoms with E-state index in [9.17, 15) is 14.4 Å². The van der Waals surface area contributed by atoms with Crippen LogP contribution in [-0.2, 0) is 20.8 Å². The summed E-state index contributed by atoms with van der Waals surface area (Å²) in [5.74, 6) is -0.907. The minimum Gasteiger partial charge on any atom is -0.365 e. The normalized spacial score (nSPS) is 11.9. The molecular formula is C18H18N3O3. The average Bonchev–Trinajstić information content (AvgIpc) is 3.10. The van der Waals surface area contributed by atoms with Gasteiger partial charge in [-0.2, -0.15) is 0 Å². The number of aromatic amines is 1. The lowest BCUT2D eigenvalue weighted by Gasteiger charge is -2.24. The Morgan fingerprint density at radius 1 is 1.25 bits per heavy atom. The summed E-state index contributed by atoms with van der Waals surface area (Å²) in [4.78, 5) is 38.2. The van der Waals surface area contributed by atoms with Gasteiger partial charge in [-0.1, -0.05) is 30.3 Å². The third-order valence-corrected chi connectivity index (χ3v) is 3.27. The van der Waals surface area contributed by atoms with Crippen molar-refractivity contribution in [3.63, 3.8) is 0 Å². The summed E-state index contributed by atoms with van der Waals surface area (Å²) in [6, 6.07) is 11.9. The van der Waals surface area contributed by atoms with Crippen molar-refractivity contribution in [2.75, 3.05) is 0 Å².